The van der Waals surface area contributed by atoms with Crippen molar-refractivity contribution in [1.29, 1.82) is 0 Å². The first kappa shape index (κ1) is 23.4. The molecular weight excluding hydrogens is 409 g/mol. The highest BCUT2D eigenvalue weighted by Crippen LogP contribution is 2.17. The number of imidazole rings is 1. The first-order valence-electron chi connectivity index (χ1n) is 9.06. The van der Waals surface area contributed by atoms with E-state index in [-0.39, 0.29) is 5.91 Å². The standard InChI is InChI=1S/C16H22N4O3.C2HF3O2/c1-17-16(21)9-19-5-3-6-20-12-18-14(15(20)8-19)11-22-10-13-4-2-7-23-13;3-2(4,5)1(6)7/h2,4,7,12H,3,5-6,8-11H2,1H3,(H,17,21);(H,6,7). The van der Waals surface area contributed by atoms with Crippen LogP contribution in [0.4, 0.5) is 13.2 Å². The Labute approximate surface area is 170 Å². The number of aliphatic carboxylic acids is 1. The Morgan fingerprint density at radius 3 is 2.67 bits per heavy atom. The first-order valence-corrected chi connectivity index (χ1v) is 9.06. The smallest absolute Gasteiger partial charge is 0.475 e. The summed E-state index contributed by atoms with van der Waals surface area (Å²) < 4.78 is 44.9. The molecule has 0 unspecified atom stereocenters. The van der Waals surface area contributed by atoms with E-state index in [4.69, 9.17) is 19.1 Å². The van der Waals surface area contributed by atoms with E-state index in [9.17, 15) is 18.0 Å². The summed E-state index contributed by atoms with van der Waals surface area (Å²) >= 11 is 0. The highest BCUT2D eigenvalue weighted by Gasteiger charge is 2.38. The van der Waals surface area contributed by atoms with Gasteiger partial charge < -0.3 is 24.1 Å². The third kappa shape index (κ3) is 7.19. The Kier molecular flexibility index (Phi) is 8.42. The molecule has 0 aliphatic carbocycles. The zero-order chi connectivity index (χ0) is 22.1. The van der Waals surface area contributed by atoms with Gasteiger partial charge >= 0.3 is 12.1 Å². The summed E-state index contributed by atoms with van der Waals surface area (Å²) in [4.78, 5) is 27.1. The lowest BCUT2D eigenvalue weighted by atomic mass is 10.3. The molecule has 9 nitrogen and oxygen atoms in total. The number of carboxylic acid groups (broad SMARTS) is 1. The molecule has 3 heterocycles. The van der Waals surface area contributed by atoms with Crippen LogP contribution >= 0.6 is 0 Å². The van der Waals surface area contributed by atoms with Crippen molar-refractivity contribution in [2.45, 2.75) is 38.9 Å². The molecule has 30 heavy (non-hydrogen) atoms. The third-order valence-corrected chi connectivity index (χ3v) is 4.23. The number of rotatable bonds is 6. The van der Waals surface area contributed by atoms with Crippen LogP contribution in [0.25, 0.3) is 0 Å². The minimum Gasteiger partial charge on any atom is -0.475 e. The lowest BCUT2D eigenvalue weighted by Gasteiger charge is -2.18. The lowest BCUT2D eigenvalue weighted by Crippen LogP contribution is -2.35. The van der Waals surface area contributed by atoms with E-state index in [1.807, 2.05) is 18.5 Å². The number of likely N-dealkylation sites (N-methyl/N-ethyl adjacent to an activating group) is 1. The summed E-state index contributed by atoms with van der Waals surface area (Å²) in [6, 6.07) is 3.73. The number of hydrogen-bond donors (Lipinski definition) is 2. The molecule has 0 radical (unpaired) electrons. The van der Waals surface area contributed by atoms with Gasteiger partial charge in [-0.3, -0.25) is 9.69 Å². The molecule has 0 fully saturated rings. The lowest BCUT2D eigenvalue weighted by molar-refractivity contribution is -0.192. The Hall–Kier alpha value is -2.86. The molecule has 2 N–H and O–H groups in total. The largest absolute Gasteiger partial charge is 0.490 e. The van der Waals surface area contributed by atoms with Gasteiger partial charge in [0, 0.05) is 26.7 Å². The maximum absolute atomic E-state index is 11.6. The average Bonchev–Trinajstić information content (AvgIpc) is 3.28. The summed E-state index contributed by atoms with van der Waals surface area (Å²) in [5, 5.41) is 9.80. The summed E-state index contributed by atoms with van der Waals surface area (Å²) in [6.45, 7) is 3.83. The Morgan fingerprint density at radius 1 is 1.33 bits per heavy atom. The number of fused-ring (bicyclic) bond motifs is 1. The molecule has 2 aromatic heterocycles. The number of furan rings is 1. The van der Waals surface area contributed by atoms with Crippen LogP contribution in [-0.4, -0.2) is 57.7 Å². The van der Waals surface area contributed by atoms with Gasteiger partial charge in [0.05, 0.1) is 37.1 Å². The van der Waals surface area contributed by atoms with E-state index >= 15 is 0 Å². The molecule has 1 aliphatic rings. The van der Waals surface area contributed by atoms with E-state index in [1.165, 1.54) is 0 Å². The highest BCUT2D eigenvalue weighted by atomic mass is 19.4. The van der Waals surface area contributed by atoms with Crippen molar-refractivity contribution in [3.8, 4) is 0 Å². The molecule has 0 spiro atoms. The van der Waals surface area contributed by atoms with Gasteiger partial charge in [0.15, 0.2) is 0 Å². The number of aromatic nitrogens is 2. The fraction of sp³-hybridized carbons (Fsp3) is 0.500. The predicted octanol–water partition coefficient (Wildman–Crippen LogP) is 1.78. The highest BCUT2D eigenvalue weighted by molar-refractivity contribution is 5.77. The third-order valence-electron chi connectivity index (χ3n) is 4.23. The van der Waals surface area contributed by atoms with E-state index in [0.29, 0.717) is 26.3 Å². The fourth-order valence-electron chi connectivity index (χ4n) is 2.76. The molecule has 0 bridgehead atoms. The van der Waals surface area contributed by atoms with E-state index in [1.54, 1.807) is 13.3 Å². The van der Waals surface area contributed by atoms with Gasteiger partial charge in [0.1, 0.15) is 12.4 Å². The van der Waals surface area contributed by atoms with Gasteiger partial charge in [0.2, 0.25) is 5.91 Å². The molecule has 2 aromatic rings. The van der Waals surface area contributed by atoms with E-state index < -0.39 is 12.1 Å². The van der Waals surface area contributed by atoms with Crippen LogP contribution in [-0.2, 0) is 40.6 Å². The van der Waals surface area contributed by atoms with Crippen LogP contribution in [0.15, 0.2) is 29.1 Å². The SMILES string of the molecule is CNC(=O)CN1CCCn2cnc(COCc3ccco3)c2C1.O=C(O)C(F)(F)F. The molecule has 1 amide bonds. The van der Waals surface area contributed by atoms with Crippen LogP contribution < -0.4 is 5.32 Å². The fourth-order valence-corrected chi connectivity index (χ4v) is 2.76. The molecule has 0 aromatic carbocycles. The van der Waals surface area contributed by atoms with Crippen molar-refractivity contribution in [2.24, 2.45) is 0 Å². The number of ether oxygens (including phenoxy) is 1. The summed E-state index contributed by atoms with van der Waals surface area (Å²) in [5.41, 5.74) is 2.06. The van der Waals surface area contributed by atoms with Gasteiger partial charge in [-0.05, 0) is 18.6 Å². The van der Waals surface area contributed by atoms with Crippen LogP contribution in [0.2, 0.25) is 0 Å². The molecule has 0 saturated heterocycles. The molecule has 3 rings (SSSR count). The number of carboxylic acids is 1. The molecule has 0 atom stereocenters. The zero-order valence-electron chi connectivity index (χ0n) is 16.3. The first-order chi connectivity index (χ1) is 14.2. The second-order valence-corrected chi connectivity index (χ2v) is 6.44. The van der Waals surface area contributed by atoms with Crippen molar-refractivity contribution in [2.75, 3.05) is 20.1 Å². The van der Waals surface area contributed by atoms with Crippen molar-refractivity contribution >= 4 is 11.9 Å². The number of nitrogens with zero attached hydrogens (tertiary/aromatic N) is 3. The van der Waals surface area contributed by atoms with Crippen molar-refractivity contribution in [1.82, 2.24) is 19.8 Å². The number of halogens is 3. The predicted molar refractivity (Wildman–Crippen MR) is 97.1 cm³/mol. The second kappa shape index (κ2) is 10.8. The summed E-state index contributed by atoms with van der Waals surface area (Å²) in [6.07, 6.45) is -0.574. The van der Waals surface area contributed by atoms with Crippen LogP contribution in [0.1, 0.15) is 23.6 Å². The number of hydrogen-bond acceptors (Lipinski definition) is 6. The molecule has 1 aliphatic heterocycles. The van der Waals surface area contributed by atoms with Crippen molar-refractivity contribution in [3.63, 3.8) is 0 Å². The molecule has 0 saturated carbocycles. The number of carbonyl (C=O) groups is 2. The normalized spacial score (nSPS) is 14.3. The quantitative estimate of drug-likeness (QED) is 0.716. The van der Waals surface area contributed by atoms with Crippen LogP contribution in [0, 0.1) is 0 Å². The van der Waals surface area contributed by atoms with Crippen LogP contribution in [0.3, 0.4) is 0 Å². The maximum Gasteiger partial charge on any atom is 0.490 e. The average molecular weight is 432 g/mol. The second-order valence-electron chi connectivity index (χ2n) is 6.44. The Balaban J connectivity index is 0.000000396. The number of alkyl halides is 3. The zero-order valence-corrected chi connectivity index (χ0v) is 16.3. The van der Waals surface area contributed by atoms with Crippen LogP contribution in [0.5, 0.6) is 0 Å². The van der Waals surface area contributed by atoms with Gasteiger partial charge in [-0.2, -0.15) is 13.2 Å². The molecule has 12 heteroatoms. The number of amides is 1. The summed E-state index contributed by atoms with van der Waals surface area (Å²) in [5.74, 6) is -1.92. The van der Waals surface area contributed by atoms with E-state index in [2.05, 4.69) is 19.8 Å². The topological polar surface area (TPSA) is 110 Å². The monoisotopic (exact) mass is 432 g/mol. The summed E-state index contributed by atoms with van der Waals surface area (Å²) in [7, 11) is 1.66. The van der Waals surface area contributed by atoms with Gasteiger partial charge in [-0.1, -0.05) is 0 Å². The minimum atomic E-state index is -5.08. The number of carbonyl (C=O) groups excluding carboxylic acids is 1. The van der Waals surface area contributed by atoms with Crippen molar-refractivity contribution in [3.05, 3.63) is 41.9 Å². The Bertz CT molecular complexity index is 820. The van der Waals surface area contributed by atoms with Gasteiger partial charge in [0.25, 0.3) is 0 Å². The minimum absolute atomic E-state index is 0.0357. The number of aryl methyl sites for hydroxylation is 1. The van der Waals surface area contributed by atoms with Crippen molar-refractivity contribution < 1.29 is 37.0 Å². The Morgan fingerprint density at radius 2 is 2.07 bits per heavy atom. The maximum atomic E-state index is 11.6. The molecule has 166 valence electrons. The molecular formula is C18H23F3N4O5. The number of nitrogens with one attached hydrogen (secondary N) is 1. The van der Waals surface area contributed by atoms with E-state index in [0.717, 1.165) is 36.7 Å². The van der Waals surface area contributed by atoms with Gasteiger partial charge in [-0.15, -0.1) is 0 Å². The van der Waals surface area contributed by atoms with Gasteiger partial charge in [-0.25, -0.2) is 9.78 Å².